The molecule has 1 aromatic rings. The molecular weight excluding hydrogens is 311 g/mol. The van der Waals surface area contributed by atoms with E-state index in [1.165, 1.54) is 18.2 Å². The molecule has 0 unspecified atom stereocenters. The van der Waals surface area contributed by atoms with E-state index in [0.717, 1.165) is 18.9 Å². The van der Waals surface area contributed by atoms with Crippen molar-refractivity contribution in [2.45, 2.75) is 31.7 Å². The normalized spacial score (nSPS) is 16.8. The zero-order valence-corrected chi connectivity index (χ0v) is 12.4. The zero-order valence-electron chi connectivity index (χ0n) is 12.4. The molecule has 124 valence electrons. The minimum Gasteiger partial charge on any atom is -0.404 e. The quantitative estimate of drug-likeness (QED) is 0.842. The van der Waals surface area contributed by atoms with Crippen LogP contribution >= 0.6 is 0 Å². The van der Waals surface area contributed by atoms with E-state index in [1.54, 1.807) is 6.92 Å². The minimum absolute atomic E-state index is 0.0463. The molecule has 0 saturated heterocycles. The average molecular weight is 327 g/mol. The number of nitrogens with one attached hydrogen (secondary N) is 2. The smallest absolute Gasteiger partial charge is 0.404 e. The number of para-hydroxylation sites is 2. The average Bonchev–Trinajstić information content (AvgIpc) is 3.29. The van der Waals surface area contributed by atoms with Crippen LogP contribution in [0.3, 0.4) is 0 Å². The van der Waals surface area contributed by atoms with Gasteiger partial charge in [-0.3, -0.25) is 4.79 Å². The van der Waals surface area contributed by atoms with Crippen LogP contribution in [0, 0.1) is 17.2 Å². The number of anilines is 1. The number of nitrogens with zero attached hydrogens (tertiary/aromatic N) is 1. The highest BCUT2D eigenvalue weighted by molar-refractivity contribution is 5.82. The molecule has 1 atom stereocenters. The second-order valence-corrected chi connectivity index (χ2v) is 5.53. The molecule has 1 aliphatic carbocycles. The van der Waals surface area contributed by atoms with Crippen molar-refractivity contribution in [2.75, 3.05) is 11.9 Å². The number of hydrogen-bond acceptors (Lipinski definition) is 4. The second-order valence-electron chi connectivity index (χ2n) is 5.53. The topological polar surface area (TPSA) is 74.2 Å². The molecule has 0 spiro atoms. The van der Waals surface area contributed by atoms with E-state index < -0.39 is 23.6 Å². The van der Waals surface area contributed by atoms with Gasteiger partial charge in [0, 0.05) is 0 Å². The third-order valence-corrected chi connectivity index (χ3v) is 3.58. The fourth-order valence-corrected chi connectivity index (χ4v) is 2.22. The van der Waals surface area contributed by atoms with Crippen molar-refractivity contribution < 1.29 is 22.7 Å². The Kier molecular flexibility index (Phi) is 4.68. The van der Waals surface area contributed by atoms with Crippen molar-refractivity contribution in [3.8, 4) is 11.8 Å². The Labute approximate surface area is 131 Å². The first kappa shape index (κ1) is 16.9. The summed E-state index contributed by atoms with van der Waals surface area (Å²) in [7, 11) is 0. The Morgan fingerprint density at radius 3 is 2.61 bits per heavy atom. The van der Waals surface area contributed by atoms with Gasteiger partial charge < -0.3 is 15.4 Å². The maximum Gasteiger partial charge on any atom is 0.573 e. The molecule has 0 radical (unpaired) electrons. The molecule has 8 heteroatoms. The molecular formula is C15H16F3N3O2. The van der Waals surface area contributed by atoms with E-state index in [0.29, 0.717) is 0 Å². The molecule has 0 bridgehead atoms. The van der Waals surface area contributed by atoms with Crippen LogP contribution < -0.4 is 15.4 Å². The molecule has 2 rings (SSSR count). The fourth-order valence-electron chi connectivity index (χ4n) is 2.22. The number of hydrogen-bond donors (Lipinski definition) is 2. The molecule has 1 amide bonds. The third kappa shape index (κ3) is 4.77. The summed E-state index contributed by atoms with van der Waals surface area (Å²) in [6.45, 7) is 1.38. The van der Waals surface area contributed by atoms with Gasteiger partial charge in [-0.25, -0.2) is 0 Å². The van der Waals surface area contributed by atoms with Crippen LogP contribution in [-0.4, -0.2) is 24.4 Å². The van der Waals surface area contributed by atoms with Gasteiger partial charge in [0.05, 0.1) is 18.3 Å². The summed E-state index contributed by atoms with van der Waals surface area (Å²) in [5.74, 6) is -0.766. The molecule has 1 saturated carbocycles. The largest absolute Gasteiger partial charge is 0.573 e. The summed E-state index contributed by atoms with van der Waals surface area (Å²) in [6, 6.07) is 7.52. The van der Waals surface area contributed by atoms with Gasteiger partial charge in [-0.1, -0.05) is 12.1 Å². The van der Waals surface area contributed by atoms with Crippen molar-refractivity contribution in [2.24, 2.45) is 5.92 Å². The van der Waals surface area contributed by atoms with Crippen LogP contribution in [-0.2, 0) is 4.79 Å². The predicted octanol–water partition coefficient (Wildman–Crippen LogP) is 2.81. The Hall–Kier alpha value is -2.43. The Bertz CT molecular complexity index is 623. The highest BCUT2D eigenvalue weighted by atomic mass is 19.4. The van der Waals surface area contributed by atoms with Gasteiger partial charge in [0.15, 0.2) is 5.75 Å². The Balaban J connectivity index is 1.96. The number of nitriles is 1. The molecule has 0 aliphatic heterocycles. The second kappa shape index (κ2) is 6.36. The number of amides is 1. The van der Waals surface area contributed by atoms with Gasteiger partial charge in [-0.05, 0) is 37.8 Å². The van der Waals surface area contributed by atoms with Crippen LogP contribution in [0.1, 0.15) is 19.8 Å². The lowest BCUT2D eigenvalue weighted by Gasteiger charge is -2.23. The highest BCUT2D eigenvalue weighted by Crippen LogP contribution is 2.39. The van der Waals surface area contributed by atoms with E-state index in [9.17, 15) is 23.2 Å². The lowest BCUT2D eigenvalue weighted by Crippen LogP contribution is -2.48. The summed E-state index contributed by atoms with van der Waals surface area (Å²) in [5.41, 5.74) is -0.897. The van der Waals surface area contributed by atoms with Gasteiger partial charge in [-0.2, -0.15) is 5.26 Å². The molecule has 1 fully saturated rings. The molecule has 1 aromatic carbocycles. The zero-order chi connectivity index (χ0) is 17.1. The van der Waals surface area contributed by atoms with Crippen LogP contribution in [0.4, 0.5) is 18.9 Å². The molecule has 2 N–H and O–H groups in total. The van der Waals surface area contributed by atoms with E-state index in [4.69, 9.17) is 0 Å². The van der Waals surface area contributed by atoms with E-state index in [2.05, 4.69) is 21.4 Å². The lowest BCUT2D eigenvalue weighted by atomic mass is 9.98. The van der Waals surface area contributed by atoms with Crippen molar-refractivity contribution in [1.82, 2.24) is 5.32 Å². The Morgan fingerprint density at radius 2 is 2.04 bits per heavy atom. The van der Waals surface area contributed by atoms with E-state index >= 15 is 0 Å². The number of benzene rings is 1. The molecule has 23 heavy (non-hydrogen) atoms. The monoisotopic (exact) mass is 327 g/mol. The summed E-state index contributed by atoms with van der Waals surface area (Å²) >= 11 is 0. The van der Waals surface area contributed by atoms with E-state index in [-0.39, 0.29) is 18.2 Å². The number of rotatable bonds is 6. The van der Waals surface area contributed by atoms with Crippen molar-refractivity contribution in [3.63, 3.8) is 0 Å². The maximum absolute atomic E-state index is 12.3. The number of ether oxygens (including phenoxy) is 1. The number of carbonyl (C=O) groups excluding carboxylic acids is 1. The maximum atomic E-state index is 12.3. The van der Waals surface area contributed by atoms with Gasteiger partial charge in [0.2, 0.25) is 5.91 Å². The van der Waals surface area contributed by atoms with Crippen LogP contribution in [0.2, 0.25) is 0 Å². The van der Waals surface area contributed by atoms with E-state index in [1.807, 2.05) is 0 Å². The van der Waals surface area contributed by atoms with Gasteiger partial charge in [0.1, 0.15) is 5.54 Å². The molecule has 1 aliphatic rings. The lowest BCUT2D eigenvalue weighted by molar-refractivity contribution is -0.274. The Morgan fingerprint density at radius 1 is 1.39 bits per heavy atom. The molecule has 0 aromatic heterocycles. The summed E-state index contributed by atoms with van der Waals surface area (Å²) in [5, 5.41) is 14.4. The van der Waals surface area contributed by atoms with Crippen LogP contribution in [0.15, 0.2) is 24.3 Å². The highest BCUT2D eigenvalue weighted by Gasteiger charge is 2.43. The van der Waals surface area contributed by atoms with Crippen molar-refractivity contribution in [1.29, 1.82) is 5.26 Å². The summed E-state index contributed by atoms with van der Waals surface area (Å²) < 4.78 is 40.8. The fraction of sp³-hybridized carbons (Fsp3) is 0.467. The first-order chi connectivity index (χ1) is 10.7. The third-order valence-electron chi connectivity index (χ3n) is 3.58. The van der Waals surface area contributed by atoms with Crippen LogP contribution in [0.5, 0.6) is 5.75 Å². The minimum atomic E-state index is -4.81. The molecule has 0 heterocycles. The van der Waals surface area contributed by atoms with Crippen molar-refractivity contribution in [3.05, 3.63) is 24.3 Å². The number of alkyl halides is 3. The van der Waals surface area contributed by atoms with Gasteiger partial charge in [0.25, 0.3) is 0 Å². The summed E-state index contributed by atoms with van der Waals surface area (Å²) in [6.07, 6.45) is -3.06. The van der Waals surface area contributed by atoms with Crippen molar-refractivity contribution >= 4 is 11.6 Å². The predicted molar refractivity (Wildman–Crippen MR) is 76.5 cm³/mol. The first-order valence-electron chi connectivity index (χ1n) is 7.04. The van der Waals surface area contributed by atoms with Gasteiger partial charge in [-0.15, -0.1) is 13.2 Å². The number of halogens is 3. The molecule has 5 nitrogen and oxygen atoms in total. The SMILES string of the molecule is C[C@](C#N)(NC(=O)CNc1ccccc1OC(F)(F)F)C1CC1. The first-order valence-corrected chi connectivity index (χ1v) is 7.04. The summed E-state index contributed by atoms with van der Waals surface area (Å²) in [4.78, 5) is 11.9. The standard InChI is InChI=1S/C15H16F3N3O2/c1-14(9-19,10-6-7-10)21-13(22)8-20-11-4-2-3-5-12(11)23-15(16,17)18/h2-5,10,20H,6-8H2,1H3,(H,21,22)/t14-/m1/s1. The van der Waals surface area contributed by atoms with Gasteiger partial charge >= 0.3 is 6.36 Å². The number of carbonyl (C=O) groups is 1. The van der Waals surface area contributed by atoms with Crippen LogP contribution in [0.25, 0.3) is 0 Å².